The average molecular weight is 652 g/mol. The second kappa shape index (κ2) is 9.85. The maximum atomic E-state index is 14.9. The van der Waals surface area contributed by atoms with Gasteiger partial charge in [-0.1, -0.05) is 18.6 Å². The molecule has 5 atom stereocenters. The summed E-state index contributed by atoms with van der Waals surface area (Å²) >= 11 is 0. The van der Waals surface area contributed by atoms with Crippen LogP contribution in [0.5, 0.6) is 0 Å². The molecule has 1 aromatic heterocycles. The number of fused-ring (bicyclic) bond motifs is 4. The normalized spacial score (nSPS) is 28.8. The van der Waals surface area contributed by atoms with Crippen LogP contribution in [-0.4, -0.2) is 61.1 Å². The van der Waals surface area contributed by atoms with Gasteiger partial charge in [0.05, 0.1) is 16.6 Å². The second-order valence-corrected chi connectivity index (χ2v) is 13.9. The highest BCUT2D eigenvalue weighted by Crippen LogP contribution is 2.56. The van der Waals surface area contributed by atoms with Crippen molar-refractivity contribution < 1.29 is 53.1 Å². The summed E-state index contributed by atoms with van der Waals surface area (Å²) in [5, 5.41) is 2.69. The van der Waals surface area contributed by atoms with Crippen LogP contribution in [0, 0.1) is 17.7 Å². The first-order valence-corrected chi connectivity index (χ1v) is 15.4. The number of likely N-dealkylation sites (tertiary alicyclic amines) is 1. The minimum atomic E-state index is -6.44. The van der Waals surface area contributed by atoms with E-state index in [2.05, 4.69) is 10.3 Å². The van der Waals surface area contributed by atoms with E-state index in [1.807, 2.05) is 0 Å². The highest BCUT2D eigenvalue weighted by Gasteiger charge is 2.75. The molecule has 2 saturated heterocycles. The van der Waals surface area contributed by atoms with Gasteiger partial charge in [0.25, 0.3) is 0 Å². The third-order valence-electron chi connectivity index (χ3n) is 9.62. The molecule has 7 nitrogen and oxygen atoms in total. The molecule has 0 bridgehead atoms. The number of rotatable bonds is 4. The number of benzene rings is 1. The molecule has 2 amide bonds. The maximum absolute atomic E-state index is 14.9. The Kier molecular flexibility index (Phi) is 6.87. The number of sulfone groups is 1. The lowest BCUT2D eigenvalue weighted by Crippen LogP contribution is -2.56. The summed E-state index contributed by atoms with van der Waals surface area (Å²) in [5.41, 5.74) is -8.64. The van der Waals surface area contributed by atoms with Gasteiger partial charge in [-0.15, -0.1) is 0 Å². The maximum Gasteiger partial charge on any atom is 0.437 e. The van der Waals surface area contributed by atoms with Crippen LogP contribution in [0.1, 0.15) is 49.1 Å². The predicted octanol–water partition coefficient (Wildman–Crippen LogP) is 4.64. The van der Waals surface area contributed by atoms with Crippen LogP contribution in [0.4, 0.5) is 35.1 Å². The molecule has 2 aromatic rings. The first-order chi connectivity index (χ1) is 20.4. The molecule has 1 saturated carbocycles. The fourth-order valence-corrected chi connectivity index (χ4v) is 10.0. The molecule has 6 rings (SSSR count). The first kappa shape index (κ1) is 30.7. The number of alkyl halides is 7. The van der Waals surface area contributed by atoms with Crippen LogP contribution in [0.2, 0.25) is 0 Å². The highest BCUT2D eigenvalue weighted by atomic mass is 32.2. The van der Waals surface area contributed by atoms with Gasteiger partial charge in [-0.3, -0.25) is 14.6 Å². The summed E-state index contributed by atoms with van der Waals surface area (Å²) < 4.78 is 137. The summed E-state index contributed by atoms with van der Waals surface area (Å²) in [4.78, 5) is 30.6. The fraction of sp³-hybridized carbons (Fsp3) is 0.536. The standard InChI is InChI=1S/C28H25F8N3O4S/c29-14-3-1-4-15(13-14)44(42,43)25-11-12-39(24(41)22-16-5-2-6-17(16)23(40)38-22)21(25)10-8-19-18(25)7-9-20(37-19)26(30,27(31,32)33)28(34,35)36/h1,3-4,7,9,13,16-17,21-22H,2,5-6,8,10-12H2,(H,38,40)/t16-,17-,21?,22-,25?/m0/s1. The van der Waals surface area contributed by atoms with Crippen LogP contribution in [0.3, 0.4) is 0 Å². The number of hydrogen-bond acceptors (Lipinski definition) is 5. The monoisotopic (exact) mass is 651 g/mol. The van der Waals surface area contributed by atoms with Gasteiger partial charge in [-0.05, 0) is 67.9 Å². The number of carbonyl (C=O) groups excluding carboxylic acids is 2. The number of nitrogens with one attached hydrogen (secondary N) is 1. The summed E-state index contributed by atoms with van der Waals surface area (Å²) in [6.45, 7) is -0.193. The van der Waals surface area contributed by atoms with Crippen LogP contribution < -0.4 is 5.32 Å². The topological polar surface area (TPSA) is 96.4 Å². The van der Waals surface area contributed by atoms with Crippen molar-refractivity contribution in [1.82, 2.24) is 15.2 Å². The molecule has 238 valence electrons. The largest absolute Gasteiger partial charge is 0.437 e. The lowest BCUT2D eigenvalue weighted by Gasteiger charge is -2.43. The Morgan fingerprint density at radius 3 is 2.36 bits per heavy atom. The van der Waals surface area contributed by atoms with Crippen LogP contribution >= 0.6 is 0 Å². The molecule has 1 N–H and O–H groups in total. The molecule has 44 heavy (non-hydrogen) atoms. The highest BCUT2D eigenvalue weighted by molar-refractivity contribution is 7.92. The Labute approximate surface area is 245 Å². The van der Waals surface area contributed by atoms with E-state index in [4.69, 9.17) is 0 Å². The lowest BCUT2D eigenvalue weighted by molar-refractivity contribution is -0.350. The molecule has 0 radical (unpaired) electrons. The summed E-state index contributed by atoms with van der Waals surface area (Å²) in [6, 6.07) is 2.64. The molecule has 2 unspecified atom stereocenters. The molecule has 2 aliphatic heterocycles. The molecule has 2 aliphatic carbocycles. The molecule has 3 heterocycles. The lowest BCUT2D eigenvalue weighted by atomic mass is 9.80. The van der Waals surface area contributed by atoms with Crippen molar-refractivity contribution in [3.05, 3.63) is 59.2 Å². The van der Waals surface area contributed by atoms with Gasteiger partial charge < -0.3 is 10.2 Å². The van der Waals surface area contributed by atoms with Gasteiger partial charge in [-0.2, -0.15) is 26.3 Å². The zero-order valence-electron chi connectivity index (χ0n) is 22.7. The zero-order chi connectivity index (χ0) is 32.0. The van der Waals surface area contributed by atoms with Crippen molar-refractivity contribution in [2.75, 3.05) is 6.54 Å². The van der Waals surface area contributed by atoms with Crippen molar-refractivity contribution in [3.63, 3.8) is 0 Å². The zero-order valence-corrected chi connectivity index (χ0v) is 23.5. The molecule has 1 aromatic carbocycles. The third kappa shape index (κ3) is 4.11. The van der Waals surface area contributed by atoms with Crippen molar-refractivity contribution in [2.45, 2.75) is 78.3 Å². The molecule has 16 heteroatoms. The van der Waals surface area contributed by atoms with Crippen molar-refractivity contribution in [2.24, 2.45) is 11.8 Å². The Bertz CT molecular complexity index is 1630. The van der Waals surface area contributed by atoms with Crippen molar-refractivity contribution >= 4 is 21.7 Å². The number of hydrogen-bond donors (Lipinski definition) is 1. The number of carbonyl (C=O) groups is 2. The number of aryl methyl sites for hydroxylation is 1. The Hall–Kier alpha value is -3.30. The minimum Gasteiger partial charge on any atom is -0.344 e. The quantitative estimate of drug-likeness (QED) is 0.487. The second-order valence-electron chi connectivity index (χ2n) is 11.7. The van der Waals surface area contributed by atoms with E-state index >= 15 is 0 Å². The number of aromatic nitrogens is 1. The van der Waals surface area contributed by atoms with E-state index in [0.29, 0.717) is 18.9 Å². The van der Waals surface area contributed by atoms with Crippen molar-refractivity contribution in [3.8, 4) is 0 Å². The van der Waals surface area contributed by atoms with E-state index < -0.39 is 72.7 Å². The van der Waals surface area contributed by atoms with Crippen LogP contribution in [-0.2, 0) is 36.3 Å². The van der Waals surface area contributed by atoms with E-state index in [9.17, 15) is 53.1 Å². The predicted molar refractivity (Wildman–Crippen MR) is 136 cm³/mol. The number of halogens is 8. The Morgan fingerprint density at radius 1 is 1.00 bits per heavy atom. The minimum absolute atomic E-state index is 0.163. The summed E-state index contributed by atoms with van der Waals surface area (Å²) in [7, 11) is -4.72. The molecular formula is C28H25F8N3O4S. The summed E-state index contributed by atoms with van der Waals surface area (Å²) in [6.07, 6.45) is -12.0. The molecule has 0 spiro atoms. The number of pyridine rings is 1. The number of nitrogens with zero attached hydrogens (tertiary/aromatic N) is 2. The van der Waals surface area contributed by atoms with E-state index in [1.54, 1.807) is 0 Å². The van der Waals surface area contributed by atoms with Gasteiger partial charge in [0, 0.05) is 18.2 Å². The number of amides is 2. The SMILES string of the molecule is O=C1N[C@H](C(=O)N2CCC3(S(=O)(=O)c4cccc(F)c4)c4ccc(C(F)(C(F)(F)F)C(F)(F)F)nc4CCC23)[C@H]2CCC[C@H]12. The average Bonchev–Trinajstić information content (AvgIpc) is 3.66. The first-order valence-electron chi connectivity index (χ1n) is 13.9. The van der Waals surface area contributed by atoms with Gasteiger partial charge >= 0.3 is 18.0 Å². The van der Waals surface area contributed by atoms with E-state index in [1.165, 1.54) is 4.90 Å². The van der Waals surface area contributed by atoms with E-state index in [0.717, 1.165) is 30.7 Å². The third-order valence-corrected chi connectivity index (χ3v) is 12.2. The molecule has 4 aliphatic rings. The van der Waals surface area contributed by atoms with Gasteiger partial charge in [0.2, 0.25) is 11.8 Å². The Morgan fingerprint density at radius 2 is 1.70 bits per heavy atom. The van der Waals surface area contributed by atoms with Gasteiger partial charge in [-0.25, -0.2) is 17.2 Å². The van der Waals surface area contributed by atoms with Crippen molar-refractivity contribution in [1.29, 1.82) is 0 Å². The van der Waals surface area contributed by atoms with Gasteiger partial charge in [0.1, 0.15) is 16.6 Å². The Balaban J connectivity index is 1.49. The van der Waals surface area contributed by atoms with E-state index in [-0.39, 0.29) is 55.2 Å². The fourth-order valence-electron chi connectivity index (χ4n) is 7.63. The molecular weight excluding hydrogens is 626 g/mol. The molecule has 3 fully saturated rings. The van der Waals surface area contributed by atoms with Crippen LogP contribution in [0.15, 0.2) is 41.3 Å². The van der Waals surface area contributed by atoms with Crippen LogP contribution in [0.25, 0.3) is 0 Å². The van der Waals surface area contributed by atoms with Gasteiger partial charge in [0.15, 0.2) is 9.84 Å². The summed E-state index contributed by atoms with van der Waals surface area (Å²) in [5.74, 6) is -2.46. The smallest absolute Gasteiger partial charge is 0.344 e.